The van der Waals surface area contributed by atoms with Crippen molar-refractivity contribution in [2.75, 3.05) is 22.9 Å². The molecule has 2 aromatic carbocycles. The number of amides is 4. The van der Waals surface area contributed by atoms with Crippen molar-refractivity contribution in [1.82, 2.24) is 5.32 Å². The molecule has 2 heterocycles. The Hall–Kier alpha value is -3.48. The van der Waals surface area contributed by atoms with Crippen LogP contribution in [-0.2, 0) is 9.59 Å². The van der Waals surface area contributed by atoms with Crippen molar-refractivity contribution in [2.45, 2.75) is 19.3 Å². The number of halogens is 1. The van der Waals surface area contributed by atoms with Gasteiger partial charge in [0, 0.05) is 18.8 Å². The molecule has 2 saturated heterocycles. The van der Waals surface area contributed by atoms with E-state index in [9.17, 15) is 18.8 Å². The highest BCUT2D eigenvalue weighted by molar-refractivity contribution is 6.39. The summed E-state index contributed by atoms with van der Waals surface area (Å²) in [5.74, 6) is -1.98. The van der Waals surface area contributed by atoms with E-state index in [1.54, 1.807) is 0 Å². The van der Waals surface area contributed by atoms with Gasteiger partial charge in [-0.05, 0) is 67.3 Å². The lowest BCUT2D eigenvalue weighted by molar-refractivity contribution is -0.122. The summed E-state index contributed by atoms with van der Waals surface area (Å²) in [5.41, 5.74) is 1.82. The van der Waals surface area contributed by atoms with Gasteiger partial charge in [-0.15, -0.1) is 0 Å². The molecule has 0 radical (unpaired) electrons. The quantitative estimate of drug-likeness (QED) is 0.640. The third-order valence-electron chi connectivity index (χ3n) is 5.11. The van der Waals surface area contributed by atoms with E-state index < -0.39 is 23.7 Å². The van der Waals surface area contributed by atoms with Crippen LogP contribution in [-0.4, -0.2) is 30.9 Å². The number of urea groups is 1. The number of barbiturate groups is 1. The molecule has 0 unspecified atom stereocenters. The Morgan fingerprint density at radius 1 is 0.828 bits per heavy atom. The van der Waals surface area contributed by atoms with Crippen LogP contribution in [0.2, 0.25) is 0 Å². The lowest BCUT2D eigenvalue weighted by atomic mass is 10.1. The first-order valence-corrected chi connectivity index (χ1v) is 9.55. The summed E-state index contributed by atoms with van der Waals surface area (Å²) in [6.45, 7) is 2.05. The largest absolute Gasteiger partial charge is 0.372 e. The Morgan fingerprint density at radius 2 is 1.45 bits per heavy atom. The molecule has 0 aromatic heterocycles. The van der Waals surface area contributed by atoms with Crippen molar-refractivity contribution in [3.8, 4) is 0 Å². The lowest BCUT2D eigenvalue weighted by Crippen LogP contribution is -2.54. The highest BCUT2D eigenvalue weighted by atomic mass is 19.1. The van der Waals surface area contributed by atoms with E-state index in [-0.39, 0.29) is 11.3 Å². The molecular weight excluding hydrogens is 373 g/mol. The van der Waals surface area contributed by atoms with Gasteiger partial charge in [0.1, 0.15) is 11.4 Å². The smallest absolute Gasteiger partial charge is 0.335 e. The topological polar surface area (TPSA) is 69.7 Å². The lowest BCUT2D eigenvalue weighted by Gasteiger charge is -2.29. The number of piperidine rings is 1. The zero-order valence-electron chi connectivity index (χ0n) is 15.7. The fraction of sp³-hybridized carbons (Fsp3) is 0.227. The molecule has 2 aromatic rings. The van der Waals surface area contributed by atoms with Crippen molar-refractivity contribution in [2.24, 2.45) is 0 Å². The van der Waals surface area contributed by atoms with Gasteiger partial charge in [0.05, 0.1) is 5.69 Å². The zero-order chi connectivity index (χ0) is 20.4. The normalized spacial score (nSPS) is 18.9. The van der Waals surface area contributed by atoms with Crippen LogP contribution in [0, 0.1) is 5.82 Å². The molecule has 4 rings (SSSR count). The Morgan fingerprint density at radius 3 is 2.10 bits per heavy atom. The standard InChI is InChI=1S/C22H20FN3O3/c23-16-6-10-18(11-7-16)26-21(28)19(20(27)24-22(26)29)14-15-4-8-17(9-5-15)25-12-2-1-3-13-25/h4-11,14H,1-3,12-13H2,(H,24,27,29)/b19-14+. The van der Waals surface area contributed by atoms with Gasteiger partial charge in [0.15, 0.2) is 0 Å². The fourth-order valence-corrected chi connectivity index (χ4v) is 3.58. The summed E-state index contributed by atoms with van der Waals surface area (Å²) >= 11 is 0. The summed E-state index contributed by atoms with van der Waals surface area (Å²) in [6, 6.07) is 11.7. The minimum atomic E-state index is -0.857. The first-order valence-electron chi connectivity index (χ1n) is 9.55. The second-order valence-electron chi connectivity index (χ2n) is 7.07. The molecule has 2 aliphatic rings. The predicted octanol–water partition coefficient (Wildman–Crippen LogP) is 3.48. The SMILES string of the molecule is O=C1NC(=O)N(c2ccc(F)cc2)C(=O)/C1=C/c1ccc(N2CCCCC2)cc1. The summed E-state index contributed by atoms with van der Waals surface area (Å²) < 4.78 is 13.2. The number of hydrogen-bond donors (Lipinski definition) is 1. The molecule has 0 bridgehead atoms. The van der Waals surface area contributed by atoms with Crippen LogP contribution in [0.25, 0.3) is 6.08 Å². The highest BCUT2D eigenvalue weighted by Gasteiger charge is 2.36. The number of nitrogens with one attached hydrogen (secondary N) is 1. The number of carbonyl (C=O) groups excluding carboxylic acids is 3. The van der Waals surface area contributed by atoms with Crippen LogP contribution in [0.5, 0.6) is 0 Å². The average Bonchev–Trinajstić information content (AvgIpc) is 2.73. The second kappa shape index (κ2) is 7.87. The molecule has 29 heavy (non-hydrogen) atoms. The third-order valence-corrected chi connectivity index (χ3v) is 5.11. The number of benzene rings is 2. The van der Waals surface area contributed by atoms with E-state index in [1.807, 2.05) is 24.3 Å². The number of anilines is 2. The van der Waals surface area contributed by atoms with Crippen molar-refractivity contribution in [1.29, 1.82) is 0 Å². The molecule has 0 saturated carbocycles. The molecule has 2 aliphatic heterocycles. The maximum absolute atomic E-state index is 13.2. The summed E-state index contributed by atoms with van der Waals surface area (Å²) in [6.07, 6.45) is 5.06. The van der Waals surface area contributed by atoms with Gasteiger partial charge in [-0.3, -0.25) is 14.9 Å². The minimum Gasteiger partial charge on any atom is -0.372 e. The Kier molecular flexibility index (Phi) is 5.12. The van der Waals surface area contributed by atoms with Gasteiger partial charge in [-0.2, -0.15) is 0 Å². The Bertz CT molecular complexity index is 977. The number of imide groups is 2. The van der Waals surface area contributed by atoms with Gasteiger partial charge < -0.3 is 4.90 Å². The zero-order valence-corrected chi connectivity index (χ0v) is 15.7. The molecule has 0 aliphatic carbocycles. The van der Waals surface area contributed by atoms with Crippen molar-refractivity contribution < 1.29 is 18.8 Å². The first-order chi connectivity index (χ1) is 14.0. The number of nitrogens with zero attached hydrogens (tertiary/aromatic N) is 2. The summed E-state index contributed by atoms with van der Waals surface area (Å²) in [5, 5.41) is 2.16. The molecule has 1 N–H and O–H groups in total. The molecule has 4 amide bonds. The third kappa shape index (κ3) is 3.89. The summed E-state index contributed by atoms with van der Waals surface area (Å²) in [4.78, 5) is 40.4. The fourth-order valence-electron chi connectivity index (χ4n) is 3.58. The van der Waals surface area contributed by atoms with E-state index >= 15 is 0 Å². The van der Waals surface area contributed by atoms with Crippen LogP contribution in [0.4, 0.5) is 20.6 Å². The van der Waals surface area contributed by atoms with Crippen LogP contribution in [0.15, 0.2) is 54.1 Å². The maximum atomic E-state index is 13.2. The number of carbonyl (C=O) groups is 3. The van der Waals surface area contributed by atoms with Crippen LogP contribution >= 0.6 is 0 Å². The van der Waals surface area contributed by atoms with Crippen LogP contribution in [0.3, 0.4) is 0 Å². The van der Waals surface area contributed by atoms with Gasteiger partial charge in [-0.1, -0.05) is 12.1 Å². The number of hydrogen-bond acceptors (Lipinski definition) is 4. The Balaban J connectivity index is 1.59. The van der Waals surface area contributed by atoms with Gasteiger partial charge in [0.2, 0.25) is 0 Å². The molecule has 0 atom stereocenters. The van der Waals surface area contributed by atoms with Gasteiger partial charge in [-0.25, -0.2) is 14.1 Å². The minimum absolute atomic E-state index is 0.153. The molecular formula is C22H20FN3O3. The molecule has 148 valence electrons. The van der Waals surface area contributed by atoms with E-state index in [0.717, 1.165) is 35.8 Å². The highest BCUT2D eigenvalue weighted by Crippen LogP contribution is 2.24. The van der Waals surface area contributed by atoms with E-state index in [2.05, 4.69) is 10.2 Å². The van der Waals surface area contributed by atoms with E-state index in [0.29, 0.717) is 5.56 Å². The molecule has 6 nitrogen and oxygen atoms in total. The van der Waals surface area contributed by atoms with Gasteiger partial charge in [0.25, 0.3) is 11.8 Å². The predicted molar refractivity (Wildman–Crippen MR) is 108 cm³/mol. The van der Waals surface area contributed by atoms with E-state index in [1.165, 1.54) is 37.5 Å². The monoisotopic (exact) mass is 393 g/mol. The van der Waals surface area contributed by atoms with Crippen LogP contribution in [0.1, 0.15) is 24.8 Å². The molecule has 0 spiro atoms. The van der Waals surface area contributed by atoms with Gasteiger partial charge >= 0.3 is 6.03 Å². The van der Waals surface area contributed by atoms with Crippen molar-refractivity contribution in [3.63, 3.8) is 0 Å². The summed E-state index contributed by atoms with van der Waals surface area (Å²) in [7, 11) is 0. The first kappa shape index (κ1) is 18.9. The molecule has 7 heteroatoms. The maximum Gasteiger partial charge on any atom is 0.335 e. The van der Waals surface area contributed by atoms with E-state index in [4.69, 9.17) is 0 Å². The second-order valence-corrected chi connectivity index (χ2v) is 7.07. The molecule has 2 fully saturated rings. The van der Waals surface area contributed by atoms with Crippen LogP contribution < -0.4 is 15.1 Å². The number of rotatable bonds is 3. The average molecular weight is 393 g/mol. The van der Waals surface area contributed by atoms with Crippen molar-refractivity contribution in [3.05, 3.63) is 65.5 Å². The van der Waals surface area contributed by atoms with Crippen molar-refractivity contribution >= 4 is 35.3 Å². The Labute approximate surface area is 167 Å².